The first-order valence-electron chi connectivity index (χ1n) is 18.5. The van der Waals surface area contributed by atoms with Crippen molar-refractivity contribution in [1.82, 2.24) is 0 Å². The molecule has 0 aliphatic rings. The molecule has 54 heavy (non-hydrogen) atoms. The molecule has 2 heteroatoms. The van der Waals surface area contributed by atoms with Crippen LogP contribution in [-0.4, -0.2) is 0 Å². The third-order valence-electron chi connectivity index (χ3n) is 11.4. The standard InChI is InChI=1S/C52H30OS/c1-2-10-32(11-3-1)50-39-14-6-8-16-41(39)51(42-17-9-7-15-40(42)50)37-21-23-38-46-28-36(22-25-48(46)54-49(38)30-37)35-19-18-31-20-24-43-45-27-33-12-4-5-13-34(33)29-47(45)53-52(43)44(31)26-35/h1-30H. The van der Waals surface area contributed by atoms with Gasteiger partial charge in [0, 0.05) is 36.3 Å². The Morgan fingerprint density at radius 2 is 0.870 bits per heavy atom. The van der Waals surface area contributed by atoms with E-state index in [-0.39, 0.29) is 0 Å². The van der Waals surface area contributed by atoms with Gasteiger partial charge in [0.25, 0.3) is 0 Å². The second-order valence-corrected chi connectivity index (χ2v) is 15.5. The fourth-order valence-electron chi connectivity index (χ4n) is 8.89. The summed E-state index contributed by atoms with van der Waals surface area (Å²) in [6.07, 6.45) is 0. The summed E-state index contributed by atoms with van der Waals surface area (Å²) in [7, 11) is 0. The molecule has 12 rings (SSSR count). The maximum absolute atomic E-state index is 6.61. The molecule has 2 heterocycles. The van der Waals surface area contributed by atoms with Gasteiger partial charge in [-0.25, -0.2) is 0 Å². The molecule has 250 valence electrons. The van der Waals surface area contributed by atoms with Crippen LogP contribution in [0.4, 0.5) is 0 Å². The van der Waals surface area contributed by atoms with Crippen molar-refractivity contribution in [2.75, 3.05) is 0 Å². The zero-order valence-corrected chi connectivity index (χ0v) is 30.0. The summed E-state index contributed by atoms with van der Waals surface area (Å²) in [5.74, 6) is 0. The minimum atomic E-state index is 0.931. The Bertz CT molecular complexity index is 3440. The molecule has 0 saturated heterocycles. The number of benzene rings is 10. The number of hydrogen-bond acceptors (Lipinski definition) is 2. The fourth-order valence-corrected chi connectivity index (χ4v) is 10.0. The number of fused-ring (bicyclic) bond motifs is 11. The summed E-state index contributed by atoms with van der Waals surface area (Å²) < 4.78 is 9.21. The molecule has 0 fully saturated rings. The van der Waals surface area contributed by atoms with Crippen LogP contribution < -0.4 is 0 Å². The minimum Gasteiger partial charge on any atom is -0.455 e. The molecule has 1 nitrogen and oxygen atoms in total. The lowest BCUT2D eigenvalue weighted by molar-refractivity contribution is 0.673. The van der Waals surface area contributed by atoms with E-state index in [4.69, 9.17) is 4.42 Å². The Kier molecular flexibility index (Phi) is 6.28. The van der Waals surface area contributed by atoms with Crippen LogP contribution in [0, 0.1) is 0 Å². The molecule has 0 atom stereocenters. The number of hydrogen-bond donors (Lipinski definition) is 0. The van der Waals surface area contributed by atoms with Crippen LogP contribution in [0.15, 0.2) is 186 Å². The molecule has 0 aliphatic carbocycles. The Labute approximate surface area is 314 Å². The molecular weight excluding hydrogens is 673 g/mol. The average Bonchev–Trinajstić information content (AvgIpc) is 3.79. The Morgan fingerprint density at radius 3 is 1.61 bits per heavy atom. The Hall–Kier alpha value is -6.74. The predicted octanol–water partition coefficient (Wildman–Crippen LogP) is 15.6. The molecule has 0 N–H and O–H groups in total. The van der Waals surface area contributed by atoms with E-state index in [2.05, 4.69) is 182 Å². The highest BCUT2D eigenvalue weighted by Crippen LogP contribution is 2.46. The van der Waals surface area contributed by atoms with Crippen molar-refractivity contribution in [3.8, 4) is 33.4 Å². The Morgan fingerprint density at radius 1 is 0.296 bits per heavy atom. The molecule has 0 aliphatic heterocycles. The van der Waals surface area contributed by atoms with Gasteiger partial charge in [-0.2, -0.15) is 0 Å². The minimum absolute atomic E-state index is 0.931. The van der Waals surface area contributed by atoms with Gasteiger partial charge in [-0.1, -0.05) is 140 Å². The van der Waals surface area contributed by atoms with E-state index >= 15 is 0 Å². The van der Waals surface area contributed by atoms with Gasteiger partial charge in [-0.05, 0) is 114 Å². The van der Waals surface area contributed by atoms with Crippen LogP contribution in [0.2, 0.25) is 0 Å². The number of thiophene rings is 1. The fraction of sp³-hybridized carbons (Fsp3) is 0. The van der Waals surface area contributed by atoms with Crippen molar-refractivity contribution in [3.63, 3.8) is 0 Å². The van der Waals surface area contributed by atoms with Crippen molar-refractivity contribution < 1.29 is 4.42 Å². The van der Waals surface area contributed by atoms with Crippen molar-refractivity contribution in [1.29, 1.82) is 0 Å². The number of rotatable bonds is 3. The van der Waals surface area contributed by atoms with Gasteiger partial charge < -0.3 is 4.42 Å². The highest BCUT2D eigenvalue weighted by molar-refractivity contribution is 7.25. The van der Waals surface area contributed by atoms with Gasteiger partial charge in [0.1, 0.15) is 11.2 Å². The summed E-state index contributed by atoms with van der Waals surface area (Å²) in [6, 6.07) is 66.8. The molecule has 2 aromatic heterocycles. The summed E-state index contributed by atoms with van der Waals surface area (Å²) >= 11 is 1.88. The molecule has 12 aromatic rings. The lowest BCUT2D eigenvalue weighted by Crippen LogP contribution is -1.90. The highest BCUT2D eigenvalue weighted by atomic mass is 32.1. The first-order chi connectivity index (χ1) is 26.7. The highest BCUT2D eigenvalue weighted by Gasteiger charge is 2.18. The van der Waals surface area contributed by atoms with E-state index in [0.717, 1.165) is 27.3 Å². The van der Waals surface area contributed by atoms with E-state index in [9.17, 15) is 0 Å². The summed E-state index contributed by atoms with van der Waals surface area (Å²) in [5.41, 5.74) is 9.36. The molecular formula is C52H30OS. The molecule has 0 bridgehead atoms. The zero-order valence-electron chi connectivity index (χ0n) is 29.1. The molecule has 0 unspecified atom stereocenters. The zero-order chi connectivity index (χ0) is 35.3. The van der Waals surface area contributed by atoms with Crippen LogP contribution >= 0.6 is 11.3 Å². The second-order valence-electron chi connectivity index (χ2n) is 14.4. The summed E-state index contributed by atoms with van der Waals surface area (Å²) in [6.45, 7) is 0. The van der Waals surface area contributed by atoms with Gasteiger partial charge in [0.2, 0.25) is 0 Å². The average molecular weight is 703 g/mol. The maximum atomic E-state index is 6.61. The first kappa shape index (κ1) is 29.8. The van der Waals surface area contributed by atoms with Gasteiger partial charge in [0.05, 0.1) is 0 Å². The van der Waals surface area contributed by atoms with E-state index in [0.29, 0.717) is 0 Å². The van der Waals surface area contributed by atoms with Crippen molar-refractivity contribution >= 4 is 96.5 Å². The lowest BCUT2D eigenvalue weighted by atomic mass is 9.86. The first-order valence-corrected chi connectivity index (χ1v) is 19.3. The molecule has 0 spiro atoms. The Balaban J connectivity index is 1.01. The van der Waals surface area contributed by atoms with E-state index in [1.165, 1.54) is 91.3 Å². The van der Waals surface area contributed by atoms with Crippen molar-refractivity contribution in [3.05, 3.63) is 182 Å². The van der Waals surface area contributed by atoms with Gasteiger partial charge in [-0.15, -0.1) is 11.3 Å². The molecule has 0 saturated carbocycles. The predicted molar refractivity (Wildman–Crippen MR) is 233 cm³/mol. The van der Waals surface area contributed by atoms with Crippen LogP contribution in [-0.2, 0) is 0 Å². The van der Waals surface area contributed by atoms with Crippen molar-refractivity contribution in [2.24, 2.45) is 0 Å². The lowest BCUT2D eigenvalue weighted by Gasteiger charge is -2.17. The van der Waals surface area contributed by atoms with Crippen molar-refractivity contribution in [2.45, 2.75) is 0 Å². The van der Waals surface area contributed by atoms with Gasteiger partial charge >= 0.3 is 0 Å². The monoisotopic (exact) mass is 702 g/mol. The van der Waals surface area contributed by atoms with E-state index in [1.807, 2.05) is 11.3 Å². The van der Waals surface area contributed by atoms with Crippen LogP contribution in [0.1, 0.15) is 0 Å². The van der Waals surface area contributed by atoms with Crippen LogP contribution in [0.25, 0.3) is 119 Å². The van der Waals surface area contributed by atoms with E-state index < -0.39 is 0 Å². The second kappa shape index (κ2) is 11.4. The van der Waals surface area contributed by atoms with Gasteiger partial charge in [-0.3, -0.25) is 0 Å². The topological polar surface area (TPSA) is 13.1 Å². The van der Waals surface area contributed by atoms with Crippen LogP contribution in [0.3, 0.4) is 0 Å². The third-order valence-corrected chi connectivity index (χ3v) is 12.5. The largest absolute Gasteiger partial charge is 0.455 e. The normalized spacial score (nSPS) is 12.1. The molecule has 10 aromatic carbocycles. The SMILES string of the molecule is c1ccc(-c2c3ccccc3c(-c3ccc4c(c3)sc3ccc(-c5ccc6ccc7c8cc9ccccc9cc8oc7c6c5)cc34)c3ccccc23)cc1. The summed E-state index contributed by atoms with van der Waals surface area (Å²) in [4.78, 5) is 0. The van der Waals surface area contributed by atoms with Gasteiger partial charge in [0.15, 0.2) is 0 Å². The smallest absolute Gasteiger partial charge is 0.143 e. The summed E-state index contributed by atoms with van der Waals surface area (Å²) in [5, 5.41) is 14.8. The van der Waals surface area contributed by atoms with Crippen LogP contribution in [0.5, 0.6) is 0 Å². The molecule has 0 amide bonds. The maximum Gasteiger partial charge on any atom is 0.143 e. The number of furan rings is 1. The third kappa shape index (κ3) is 4.38. The van der Waals surface area contributed by atoms with E-state index in [1.54, 1.807) is 0 Å². The molecule has 0 radical (unpaired) electrons. The quantitative estimate of drug-likeness (QED) is 0.167.